The van der Waals surface area contributed by atoms with E-state index in [1.807, 2.05) is 33.2 Å². The van der Waals surface area contributed by atoms with Gasteiger partial charge in [-0.05, 0) is 90.1 Å². The highest BCUT2D eigenvalue weighted by Gasteiger charge is 2.26. The molecule has 0 spiro atoms. The molecule has 3 aromatic rings. The first-order valence-corrected chi connectivity index (χ1v) is 13.5. The highest BCUT2D eigenvalue weighted by Crippen LogP contribution is 2.36. The Labute approximate surface area is 227 Å². The van der Waals surface area contributed by atoms with Crippen molar-refractivity contribution in [2.45, 2.75) is 79.6 Å². The molecule has 1 amide bonds. The topological polar surface area (TPSA) is 63.7 Å². The highest BCUT2D eigenvalue weighted by molar-refractivity contribution is 5.81. The fourth-order valence-electron chi connectivity index (χ4n) is 5.22. The van der Waals surface area contributed by atoms with Gasteiger partial charge < -0.3 is 19.7 Å². The van der Waals surface area contributed by atoms with Crippen LogP contribution in [0.1, 0.15) is 61.4 Å². The number of amides is 1. The molecule has 0 unspecified atom stereocenters. The smallest absolute Gasteiger partial charge is 0.407 e. The lowest BCUT2D eigenvalue weighted by Gasteiger charge is -2.36. The van der Waals surface area contributed by atoms with Crippen LogP contribution in [0.2, 0.25) is 0 Å². The van der Waals surface area contributed by atoms with Crippen LogP contribution in [0.3, 0.4) is 0 Å². The van der Waals surface area contributed by atoms with E-state index >= 15 is 0 Å². The van der Waals surface area contributed by atoms with Crippen LogP contribution < -0.4 is 15.0 Å². The summed E-state index contributed by atoms with van der Waals surface area (Å²) in [7, 11) is 0. The van der Waals surface area contributed by atoms with Gasteiger partial charge in [-0.15, -0.1) is 0 Å². The number of carbonyl (C=O) groups excluding carboxylic acids is 1. The van der Waals surface area contributed by atoms with Gasteiger partial charge in [0.2, 0.25) is 0 Å². The van der Waals surface area contributed by atoms with Gasteiger partial charge in [0.1, 0.15) is 18.0 Å². The van der Waals surface area contributed by atoms with Crippen molar-refractivity contribution in [3.63, 3.8) is 0 Å². The zero-order valence-electron chi connectivity index (χ0n) is 23.9. The largest absolute Gasteiger partial charge is 0.489 e. The van der Waals surface area contributed by atoms with Gasteiger partial charge in [-0.1, -0.05) is 35.4 Å². The minimum atomic E-state index is -0.507. The van der Waals surface area contributed by atoms with Gasteiger partial charge in [0.05, 0.1) is 5.69 Å². The summed E-state index contributed by atoms with van der Waals surface area (Å²) < 4.78 is 11.8. The molecule has 2 aromatic carbocycles. The number of pyridine rings is 1. The molecule has 0 bridgehead atoms. The van der Waals surface area contributed by atoms with E-state index in [2.05, 4.69) is 79.3 Å². The zero-order chi connectivity index (χ0) is 27.4. The first-order valence-electron chi connectivity index (χ1n) is 13.5. The third kappa shape index (κ3) is 7.27. The van der Waals surface area contributed by atoms with E-state index in [0.717, 1.165) is 54.1 Å². The average molecular weight is 516 g/mol. The minimum Gasteiger partial charge on any atom is -0.489 e. The van der Waals surface area contributed by atoms with Crippen LogP contribution in [0.4, 0.5) is 10.5 Å². The highest BCUT2D eigenvalue weighted by atomic mass is 16.6. The molecule has 38 heavy (non-hydrogen) atoms. The van der Waals surface area contributed by atoms with Crippen LogP contribution in [0.25, 0.3) is 11.1 Å². The van der Waals surface area contributed by atoms with Crippen molar-refractivity contribution in [2.24, 2.45) is 0 Å². The molecule has 1 aliphatic rings. The third-order valence-electron chi connectivity index (χ3n) is 6.65. The molecule has 6 heteroatoms. The van der Waals surface area contributed by atoms with E-state index in [9.17, 15) is 4.79 Å². The maximum atomic E-state index is 12.3. The molecular formula is C32H41N3O3. The quantitative estimate of drug-likeness (QED) is 0.381. The number of anilines is 1. The predicted molar refractivity (Wildman–Crippen MR) is 154 cm³/mol. The SMILES string of the molecule is Cc1cc(C)cc(OCc2cncc(-c3cc(C)cc(C)c3)c2N2CCC(NC(=O)OC(C)(C)C)CC2)c1. The Hall–Kier alpha value is -3.54. The Morgan fingerprint density at radius 2 is 1.50 bits per heavy atom. The fourth-order valence-corrected chi connectivity index (χ4v) is 5.22. The van der Waals surface area contributed by atoms with Crippen LogP contribution in [0.15, 0.2) is 48.8 Å². The van der Waals surface area contributed by atoms with E-state index < -0.39 is 5.60 Å². The summed E-state index contributed by atoms with van der Waals surface area (Å²) in [6.45, 7) is 16.1. The summed E-state index contributed by atoms with van der Waals surface area (Å²) in [6.07, 6.45) is 5.22. The van der Waals surface area contributed by atoms with Crippen LogP contribution >= 0.6 is 0 Å². The molecular weight excluding hydrogens is 474 g/mol. The van der Waals surface area contributed by atoms with Crippen molar-refractivity contribution < 1.29 is 14.3 Å². The lowest BCUT2D eigenvalue weighted by molar-refractivity contribution is 0.0497. The number of piperidine rings is 1. The van der Waals surface area contributed by atoms with Crippen LogP contribution in [0, 0.1) is 27.7 Å². The fraction of sp³-hybridized carbons (Fsp3) is 0.438. The molecule has 0 aliphatic carbocycles. The number of ether oxygens (including phenoxy) is 2. The van der Waals surface area contributed by atoms with Gasteiger partial charge in [-0.25, -0.2) is 4.79 Å². The Bertz CT molecular complexity index is 1250. The number of hydrogen-bond acceptors (Lipinski definition) is 5. The van der Waals surface area contributed by atoms with Gasteiger partial charge >= 0.3 is 6.09 Å². The van der Waals surface area contributed by atoms with Crippen LogP contribution in [-0.2, 0) is 11.3 Å². The summed E-state index contributed by atoms with van der Waals surface area (Å²) in [4.78, 5) is 19.4. The second kappa shape index (κ2) is 11.5. The number of aryl methyl sites for hydroxylation is 4. The summed E-state index contributed by atoms with van der Waals surface area (Å²) in [5.74, 6) is 0.866. The van der Waals surface area contributed by atoms with Crippen LogP contribution in [-0.4, -0.2) is 35.8 Å². The molecule has 1 fully saturated rings. The lowest BCUT2D eigenvalue weighted by Crippen LogP contribution is -2.46. The minimum absolute atomic E-state index is 0.0857. The summed E-state index contributed by atoms with van der Waals surface area (Å²) >= 11 is 0. The molecule has 1 saturated heterocycles. The van der Waals surface area contributed by atoms with E-state index in [1.54, 1.807) is 0 Å². The van der Waals surface area contributed by atoms with Gasteiger partial charge in [-0.2, -0.15) is 0 Å². The standard InChI is InChI=1S/C32H41N3O3/c1-21-12-22(2)15-25(14-21)29-19-33-18-26(20-37-28-16-23(3)13-24(4)17-28)30(29)35-10-8-27(9-11-35)34-31(36)38-32(5,6)7/h12-19,27H,8-11,20H2,1-7H3,(H,34,36). The molecule has 0 atom stereocenters. The van der Waals surface area contributed by atoms with Crippen LogP contribution in [0.5, 0.6) is 5.75 Å². The Morgan fingerprint density at radius 3 is 2.08 bits per heavy atom. The molecule has 2 heterocycles. The second-order valence-corrected chi connectivity index (χ2v) is 11.6. The monoisotopic (exact) mass is 515 g/mol. The van der Waals surface area contributed by atoms with E-state index in [4.69, 9.17) is 9.47 Å². The van der Waals surface area contributed by atoms with Crippen molar-refractivity contribution in [2.75, 3.05) is 18.0 Å². The molecule has 1 aromatic heterocycles. The van der Waals surface area contributed by atoms with Crippen molar-refractivity contribution in [1.29, 1.82) is 0 Å². The molecule has 1 aliphatic heterocycles. The van der Waals surface area contributed by atoms with E-state index in [1.165, 1.54) is 22.3 Å². The van der Waals surface area contributed by atoms with Gasteiger partial charge in [0.25, 0.3) is 0 Å². The number of rotatable bonds is 6. The number of alkyl carbamates (subject to hydrolysis) is 1. The van der Waals surface area contributed by atoms with Crippen molar-refractivity contribution in [3.05, 3.63) is 76.6 Å². The number of benzene rings is 2. The average Bonchev–Trinajstić information content (AvgIpc) is 2.80. The predicted octanol–water partition coefficient (Wildman–Crippen LogP) is 7.05. The van der Waals surface area contributed by atoms with Crippen molar-refractivity contribution >= 4 is 11.8 Å². The van der Waals surface area contributed by atoms with Crippen molar-refractivity contribution in [3.8, 4) is 16.9 Å². The number of nitrogens with one attached hydrogen (secondary N) is 1. The normalized spacial score (nSPS) is 14.3. The first-order chi connectivity index (χ1) is 18.0. The second-order valence-electron chi connectivity index (χ2n) is 11.6. The van der Waals surface area contributed by atoms with E-state index in [-0.39, 0.29) is 12.1 Å². The lowest BCUT2D eigenvalue weighted by atomic mass is 9.96. The number of hydrogen-bond donors (Lipinski definition) is 1. The summed E-state index contributed by atoms with van der Waals surface area (Å²) in [5, 5.41) is 3.06. The van der Waals surface area contributed by atoms with E-state index in [0.29, 0.717) is 6.61 Å². The number of aromatic nitrogens is 1. The summed E-state index contributed by atoms with van der Waals surface area (Å²) in [5.41, 5.74) is 8.79. The molecule has 0 saturated carbocycles. The third-order valence-corrected chi connectivity index (χ3v) is 6.65. The molecule has 0 radical (unpaired) electrons. The molecule has 6 nitrogen and oxygen atoms in total. The maximum absolute atomic E-state index is 12.3. The molecule has 1 N–H and O–H groups in total. The Morgan fingerprint density at radius 1 is 0.921 bits per heavy atom. The molecule has 4 rings (SSSR count). The van der Waals surface area contributed by atoms with Gasteiger partial charge in [0, 0.05) is 42.7 Å². The number of nitrogens with zero attached hydrogens (tertiary/aromatic N) is 2. The Kier molecular flexibility index (Phi) is 8.29. The zero-order valence-corrected chi connectivity index (χ0v) is 23.9. The number of carbonyl (C=O) groups is 1. The molecule has 202 valence electrons. The summed E-state index contributed by atoms with van der Waals surface area (Å²) in [6, 6.07) is 13.0. The van der Waals surface area contributed by atoms with Crippen molar-refractivity contribution in [1.82, 2.24) is 10.3 Å². The Balaban J connectivity index is 1.60. The van der Waals surface area contributed by atoms with Gasteiger partial charge in [-0.3, -0.25) is 4.98 Å². The van der Waals surface area contributed by atoms with Gasteiger partial charge in [0.15, 0.2) is 0 Å². The first kappa shape index (κ1) is 27.5. The maximum Gasteiger partial charge on any atom is 0.407 e.